The summed E-state index contributed by atoms with van der Waals surface area (Å²) in [7, 11) is 0. The number of rotatable bonds is 8. The number of carbonyl (C=O) groups is 1. The second kappa shape index (κ2) is 9.79. The molecular formula is C20H23Cl2FN2O. The number of hydrogen-bond acceptors (Lipinski definition) is 2. The summed E-state index contributed by atoms with van der Waals surface area (Å²) in [6, 6.07) is 11.8. The monoisotopic (exact) mass is 396 g/mol. The molecule has 26 heavy (non-hydrogen) atoms. The molecule has 6 heteroatoms. The van der Waals surface area contributed by atoms with Crippen LogP contribution in [0, 0.1) is 5.82 Å². The van der Waals surface area contributed by atoms with Crippen molar-refractivity contribution in [3.8, 4) is 0 Å². The molecule has 0 aromatic heterocycles. The van der Waals surface area contributed by atoms with E-state index in [1.165, 1.54) is 12.1 Å². The molecule has 0 spiro atoms. The minimum absolute atomic E-state index is 0.110. The van der Waals surface area contributed by atoms with Gasteiger partial charge < -0.3 is 9.80 Å². The summed E-state index contributed by atoms with van der Waals surface area (Å²) in [6.07, 6.45) is 0.392. The first-order chi connectivity index (χ1) is 12.4. The number of amides is 1. The molecule has 0 N–H and O–H groups in total. The molecule has 0 saturated carbocycles. The average molecular weight is 397 g/mol. The van der Waals surface area contributed by atoms with Crippen LogP contribution in [0.2, 0.25) is 10.0 Å². The van der Waals surface area contributed by atoms with Crippen LogP contribution < -0.4 is 4.90 Å². The van der Waals surface area contributed by atoms with Gasteiger partial charge in [0, 0.05) is 38.3 Å². The van der Waals surface area contributed by atoms with Crippen LogP contribution in [0.4, 0.5) is 10.1 Å². The maximum atomic E-state index is 13.2. The van der Waals surface area contributed by atoms with Gasteiger partial charge in [-0.1, -0.05) is 35.3 Å². The molecule has 0 heterocycles. The molecule has 0 atom stereocenters. The molecule has 140 valence electrons. The van der Waals surface area contributed by atoms with Crippen LogP contribution in [-0.4, -0.2) is 30.4 Å². The number of carbonyl (C=O) groups excluding carboxylic acids is 1. The SMILES string of the molecule is CCN(CC)C(=O)CCN(Cc1ccc(F)cc1)c1ccc(Cl)c(Cl)c1. The number of anilines is 1. The van der Waals surface area contributed by atoms with Crippen molar-refractivity contribution < 1.29 is 9.18 Å². The Morgan fingerprint density at radius 1 is 1.00 bits per heavy atom. The van der Waals surface area contributed by atoms with Gasteiger partial charge in [0.15, 0.2) is 0 Å². The topological polar surface area (TPSA) is 23.6 Å². The molecule has 0 bridgehead atoms. The Morgan fingerprint density at radius 3 is 2.23 bits per heavy atom. The third-order valence-electron chi connectivity index (χ3n) is 4.27. The molecule has 0 saturated heterocycles. The molecule has 2 aromatic carbocycles. The third kappa shape index (κ3) is 5.61. The van der Waals surface area contributed by atoms with Crippen LogP contribution in [0.1, 0.15) is 25.8 Å². The highest BCUT2D eigenvalue weighted by molar-refractivity contribution is 6.42. The smallest absolute Gasteiger partial charge is 0.224 e. The Labute approximate surface area is 164 Å². The average Bonchev–Trinajstić information content (AvgIpc) is 2.63. The number of halogens is 3. The summed E-state index contributed by atoms with van der Waals surface area (Å²) < 4.78 is 13.2. The Bertz CT molecular complexity index is 733. The number of benzene rings is 2. The summed E-state index contributed by atoms with van der Waals surface area (Å²) >= 11 is 12.2. The van der Waals surface area contributed by atoms with Crippen molar-refractivity contribution in [2.45, 2.75) is 26.8 Å². The van der Waals surface area contributed by atoms with E-state index in [0.717, 1.165) is 11.3 Å². The zero-order chi connectivity index (χ0) is 19.1. The fourth-order valence-electron chi connectivity index (χ4n) is 2.76. The lowest BCUT2D eigenvalue weighted by molar-refractivity contribution is -0.130. The molecule has 1 amide bonds. The molecule has 0 aliphatic carbocycles. The molecule has 0 aliphatic rings. The van der Waals surface area contributed by atoms with Crippen LogP contribution in [0.25, 0.3) is 0 Å². The quantitative estimate of drug-likeness (QED) is 0.596. The van der Waals surface area contributed by atoms with Crippen LogP contribution in [0.15, 0.2) is 42.5 Å². The van der Waals surface area contributed by atoms with Crippen LogP contribution in [-0.2, 0) is 11.3 Å². The molecule has 2 rings (SSSR count). The van der Waals surface area contributed by atoms with Crippen molar-refractivity contribution >= 4 is 34.8 Å². The number of hydrogen-bond donors (Lipinski definition) is 0. The minimum atomic E-state index is -0.272. The largest absolute Gasteiger partial charge is 0.367 e. The van der Waals surface area contributed by atoms with E-state index in [1.807, 2.05) is 24.8 Å². The van der Waals surface area contributed by atoms with Gasteiger partial charge in [0.1, 0.15) is 5.82 Å². The lowest BCUT2D eigenvalue weighted by Gasteiger charge is -2.27. The lowest BCUT2D eigenvalue weighted by atomic mass is 10.1. The Hall–Kier alpha value is -1.78. The fraction of sp³-hybridized carbons (Fsp3) is 0.350. The van der Waals surface area contributed by atoms with Crippen molar-refractivity contribution in [2.24, 2.45) is 0 Å². The minimum Gasteiger partial charge on any atom is -0.367 e. The second-order valence-electron chi connectivity index (χ2n) is 5.96. The highest BCUT2D eigenvalue weighted by atomic mass is 35.5. The molecular weight excluding hydrogens is 374 g/mol. The van der Waals surface area contributed by atoms with E-state index < -0.39 is 0 Å². The van der Waals surface area contributed by atoms with E-state index in [2.05, 4.69) is 4.90 Å². The Morgan fingerprint density at radius 2 is 1.65 bits per heavy atom. The maximum Gasteiger partial charge on any atom is 0.224 e. The van der Waals surface area contributed by atoms with E-state index in [0.29, 0.717) is 42.6 Å². The summed E-state index contributed by atoms with van der Waals surface area (Å²) in [6.45, 7) is 6.40. The molecule has 0 unspecified atom stereocenters. The first-order valence-electron chi connectivity index (χ1n) is 8.66. The molecule has 3 nitrogen and oxygen atoms in total. The van der Waals surface area contributed by atoms with Gasteiger partial charge in [-0.25, -0.2) is 4.39 Å². The fourth-order valence-corrected chi connectivity index (χ4v) is 3.05. The van der Waals surface area contributed by atoms with E-state index in [9.17, 15) is 9.18 Å². The normalized spacial score (nSPS) is 10.7. The predicted molar refractivity (Wildman–Crippen MR) is 106 cm³/mol. The van der Waals surface area contributed by atoms with Crippen LogP contribution in [0.3, 0.4) is 0 Å². The van der Waals surface area contributed by atoms with Crippen LogP contribution in [0.5, 0.6) is 0 Å². The first-order valence-corrected chi connectivity index (χ1v) is 9.42. The summed E-state index contributed by atoms with van der Waals surface area (Å²) in [5.74, 6) is -0.161. The highest BCUT2D eigenvalue weighted by Crippen LogP contribution is 2.28. The predicted octanol–water partition coefficient (Wildman–Crippen LogP) is 5.40. The van der Waals surface area contributed by atoms with Crippen molar-refractivity contribution in [1.82, 2.24) is 4.90 Å². The Kier molecular flexibility index (Phi) is 7.73. The van der Waals surface area contributed by atoms with Crippen molar-refractivity contribution in [2.75, 3.05) is 24.5 Å². The van der Waals surface area contributed by atoms with Gasteiger partial charge >= 0.3 is 0 Å². The van der Waals surface area contributed by atoms with Gasteiger partial charge in [-0.2, -0.15) is 0 Å². The van der Waals surface area contributed by atoms with Crippen molar-refractivity contribution in [3.63, 3.8) is 0 Å². The van der Waals surface area contributed by atoms with E-state index >= 15 is 0 Å². The first kappa shape index (κ1) is 20.5. The van der Waals surface area contributed by atoms with Gasteiger partial charge in [0.05, 0.1) is 10.0 Å². The van der Waals surface area contributed by atoms with Gasteiger partial charge in [-0.05, 0) is 49.7 Å². The highest BCUT2D eigenvalue weighted by Gasteiger charge is 2.14. The van der Waals surface area contributed by atoms with Gasteiger partial charge in [0.2, 0.25) is 5.91 Å². The summed E-state index contributed by atoms with van der Waals surface area (Å²) in [4.78, 5) is 16.2. The molecule has 0 aliphatic heterocycles. The zero-order valence-corrected chi connectivity index (χ0v) is 16.5. The lowest BCUT2D eigenvalue weighted by Crippen LogP contribution is -2.34. The van der Waals surface area contributed by atoms with E-state index in [1.54, 1.807) is 24.3 Å². The van der Waals surface area contributed by atoms with Crippen LogP contribution >= 0.6 is 23.2 Å². The third-order valence-corrected chi connectivity index (χ3v) is 5.01. The summed E-state index contributed by atoms with van der Waals surface area (Å²) in [5.41, 5.74) is 1.82. The van der Waals surface area contributed by atoms with Crippen molar-refractivity contribution in [1.29, 1.82) is 0 Å². The zero-order valence-electron chi connectivity index (χ0n) is 15.0. The standard InChI is InChI=1S/C20H23Cl2FN2O/c1-3-24(4-2)20(26)11-12-25(14-15-5-7-16(23)8-6-15)17-9-10-18(21)19(22)13-17/h5-10,13H,3-4,11-12,14H2,1-2H3. The van der Waals surface area contributed by atoms with Gasteiger partial charge in [-0.3, -0.25) is 4.79 Å². The maximum absolute atomic E-state index is 13.2. The van der Waals surface area contributed by atoms with E-state index in [-0.39, 0.29) is 11.7 Å². The van der Waals surface area contributed by atoms with Gasteiger partial charge in [-0.15, -0.1) is 0 Å². The van der Waals surface area contributed by atoms with Crippen molar-refractivity contribution in [3.05, 3.63) is 63.9 Å². The molecule has 0 radical (unpaired) electrons. The Balaban J connectivity index is 2.18. The molecule has 2 aromatic rings. The van der Waals surface area contributed by atoms with Gasteiger partial charge in [0.25, 0.3) is 0 Å². The number of nitrogens with zero attached hydrogens (tertiary/aromatic N) is 2. The summed E-state index contributed by atoms with van der Waals surface area (Å²) in [5, 5.41) is 0.944. The van der Waals surface area contributed by atoms with E-state index in [4.69, 9.17) is 23.2 Å². The molecule has 0 fully saturated rings. The second-order valence-corrected chi connectivity index (χ2v) is 6.78.